The lowest BCUT2D eigenvalue weighted by Crippen LogP contribution is -2.09. The average molecular weight is 332 g/mol. The minimum Gasteiger partial charge on any atom is -0.397 e. The number of nitrogens with two attached hydrogens (primary N) is 1. The van der Waals surface area contributed by atoms with Gasteiger partial charge in [0, 0.05) is 0 Å². The van der Waals surface area contributed by atoms with Crippen LogP contribution in [0.3, 0.4) is 0 Å². The first-order valence-corrected chi connectivity index (χ1v) is 6.01. The van der Waals surface area contributed by atoms with Gasteiger partial charge < -0.3 is 11.1 Å². The molecule has 1 aromatic carbocycles. The summed E-state index contributed by atoms with van der Waals surface area (Å²) in [5.74, 6) is 0.269. The first-order valence-electron chi connectivity index (χ1n) is 5.22. The van der Waals surface area contributed by atoms with Gasteiger partial charge in [-0.25, -0.2) is 4.98 Å². The van der Waals surface area contributed by atoms with Crippen LogP contribution in [-0.4, -0.2) is 4.98 Å². The summed E-state index contributed by atoms with van der Waals surface area (Å²) < 4.78 is 39.0. The van der Waals surface area contributed by atoms with Gasteiger partial charge in [-0.1, -0.05) is 12.1 Å². The van der Waals surface area contributed by atoms with Gasteiger partial charge in [0.1, 0.15) is 5.82 Å². The Morgan fingerprint density at radius 2 is 1.89 bits per heavy atom. The number of alkyl halides is 3. The van der Waals surface area contributed by atoms with E-state index in [-0.39, 0.29) is 11.5 Å². The number of nitrogens with zero attached hydrogens (tertiary/aromatic N) is 1. The third-order valence-corrected chi connectivity index (χ3v) is 2.95. The molecular formula is C12H9BrF3N3. The van der Waals surface area contributed by atoms with E-state index >= 15 is 0 Å². The van der Waals surface area contributed by atoms with Crippen molar-refractivity contribution in [1.29, 1.82) is 0 Å². The standard InChI is InChI=1S/C12H9BrF3N3/c13-9-5-7(17)6-18-11(9)19-10-4-2-1-3-8(10)12(14,15)16/h1-6H,17H2,(H,18,19). The van der Waals surface area contributed by atoms with E-state index in [4.69, 9.17) is 5.73 Å². The summed E-state index contributed by atoms with van der Waals surface area (Å²) in [5, 5.41) is 2.64. The van der Waals surface area contributed by atoms with E-state index in [0.29, 0.717) is 10.2 Å². The maximum absolute atomic E-state index is 12.8. The second-order valence-corrected chi connectivity index (χ2v) is 4.62. The minimum atomic E-state index is -4.43. The number of halogens is 4. The van der Waals surface area contributed by atoms with Crippen LogP contribution in [0, 0.1) is 0 Å². The Hall–Kier alpha value is -1.76. The van der Waals surface area contributed by atoms with Gasteiger partial charge in [-0.15, -0.1) is 0 Å². The molecule has 0 saturated heterocycles. The lowest BCUT2D eigenvalue weighted by Gasteiger charge is -2.14. The highest BCUT2D eigenvalue weighted by atomic mass is 79.9. The molecule has 0 aliphatic heterocycles. The van der Waals surface area contributed by atoms with E-state index in [2.05, 4.69) is 26.2 Å². The molecule has 0 aliphatic rings. The van der Waals surface area contributed by atoms with E-state index in [9.17, 15) is 13.2 Å². The summed E-state index contributed by atoms with van der Waals surface area (Å²) in [5.41, 5.74) is 5.13. The smallest absolute Gasteiger partial charge is 0.397 e. The van der Waals surface area contributed by atoms with Crippen LogP contribution >= 0.6 is 15.9 Å². The van der Waals surface area contributed by atoms with Gasteiger partial charge in [0.15, 0.2) is 0 Å². The molecule has 0 saturated carbocycles. The molecule has 2 rings (SSSR count). The van der Waals surface area contributed by atoms with E-state index in [1.807, 2.05) is 0 Å². The summed E-state index contributed by atoms with van der Waals surface area (Å²) >= 11 is 3.19. The molecule has 0 bridgehead atoms. The van der Waals surface area contributed by atoms with Crippen LogP contribution in [0.5, 0.6) is 0 Å². The molecule has 3 N–H and O–H groups in total. The van der Waals surface area contributed by atoms with E-state index in [1.54, 1.807) is 6.07 Å². The number of benzene rings is 1. The Bertz CT molecular complexity index is 599. The number of para-hydroxylation sites is 1. The van der Waals surface area contributed by atoms with E-state index in [1.165, 1.54) is 24.4 Å². The SMILES string of the molecule is Nc1cnc(Nc2ccccc2C(F)(F)F)c(Br)c1. The van der Waals surface area contributed by atoms with Crippen molar-refractivity contribution in [2.45, 2.75) is 6.18 Å². The fourth-order valence-corrected chi connectivity index (χ4v) is 1.98. The number of nitrogens with one attached hydrogen (secondary N) is 1. The Morgan fingerprint density at radius 1 is 1.21 bits per heavy atom. The number of hydrogen-bond donors (Lipinski definition) is 2. The third kappa shape index (κ3) is 3.17. The molecule has 0 aliphatic carbocycles. The third-order valence-electron chi connectivity index (χ3n) is 2.35. The van der Waals surface area contributed by atoms with Crippen LogP contribution in [0.2, 0.25) is 0 Å². The summed E-state index contributed by atoms with van der Waals surface area (Å²) in [4.78, 5) is 3.95. The molecular weight excluding hydrogens is 323 g/mol. The highest BCUT2D eigenvalue weighted by Crippen LogP contribution is 2.36. The molecule has 0 spiro atoms. The number of nitrogen functional groups attached to an aromatic ring is 1. The molecule has 0 amide bonds. The highest BCUT2D eigenvalue weighted by Gasteiger charge is 2.33. The predicted octanol–water partition coefficient (Wildman–Crippen LogP) is 4.19. The molecule has 0 radical (unpaired) electrons. The van der Waals surface area contributed by atoms with Crippen molar-refractivity contribution in [3.8, 4) is 0 Å². The molecule has 3 nitrogen and oxygen atoms in total. The molecule has 2 aromatic rings. The Kier molecular flexibility index (Phi) is 3.66. The number of hydrogen-bond acceptors (Lipinski definition) is 3. The first kappa shape index (κ1) is 13.7. The molecule has 100 valence electrons. The van der Waals surface area contributed by atoms with Gasteiger partial charge in [0.05, 0.1) is 27.6 Å². The topological polar surface area (TPSA) is 50.9 Å². The molecule has 0 fully saturated rings. The second-order valence-electron chi connectivity index (χ2n) is 3.77. The second kappa shape index (κ2) is 5.08. The maximum atomic E-state index is 12.8. The lowest BCUT2D eigenvalue weighted by molar-refractivity contribution is -0.136. The molecule has 0 unspecified atom stereocenters. The van der Waals surface area contributed by atoms with Crippen molar-refractivity contribution in [2.75, 3.05) is 11.1 Å². The summed E-state index contributed by atoms with van der Waals surface area (Å²) in [6.07, 6.45) is -3.06. The fourth-order valence-electron chi connectivity index (χ4n) is 1.51. The zero-order valence-electron chi connectivity index (χ0n) is 9.50. The molecule has 0 atom stereocenters. The monoisotopic (exact) mass is 331 g/mol. The minimum absolute atomic E-state index is 0.0621. The van der Waals surface area contributed by atoms with Crippen molar-refractivity contribution in [3.05, 3.63) is 46.6 Å². The molecule has 1 heterocycles. The van der Waals surface area contributed by atoms with Gasteiger partial charge in [-0.2, -0.15) is 13.2 Å². The number of anilines is 3. The molecule has 1 aromatic heterocycles. The average Bonchev–Trinajstić information content (AvgIpc) is 2.32. The largest absolute Gasteiger partial charge is 0.418 e. The van der Waals surface area contributed by atoms with Gasteiger partial charge >= 0.3 is 6.18 Å². The Morgan fingerprint density at radius 3 is 2.53 bits per heavy atom. The first-order chi connectivity index (χ1) is 8.88. The van der Waals surface area contributed by atoms with E-state index < -0.39 is 11.7 Å². The van der Waals surface area contributed by atoms with Gasteiger partial charge in [-0.05, 0) is 34.1 Å². The highest BCUT2D eigenvalue weighted by molar-refractivity contribution is 9.10. The van der Waals surface area contributed by atoms with Crippen molar-refractivity contribution in [3.63, 3.8) is 0 Å². The van der Waals surface area contributed by atoms with Crippen LogP contribution in [0.15, 0.2) is 41.0 Å². The fraction of sp³-hybridized carbons (Fsp3) is 0.0833. The van der Waals surface area contributed by atoms with Gasteiger partial charge in [0.25, 0.3) is 0 Å². The van der Waals surface area contributed by atoms with Crippen LogP contribution in [-0.2, 0) is 6.18 Å². The number of pyridine rings is 1. The van der Waals surface area contributed by atoms with Crippen molar-refractivity contribution in [1.82, 2.24) is 4.98 Å². The quantitative estimate of drug-likeness (QED) is 0.867. The van der Waals surface area contributed by atoms with Crippen LogP contribution in [0.25, 0.3) is 0 Å². The summed E-state index contributed by atoms with van der Waals surface area (Å²) in [6.45, 7) is 0. The normalized spacial score (nSPS) is 11.4. The zero-order valence-corrected chi connectivity index (χ0v) is 11.1. The number of aromatic nitrogens is 1. The lowest BCUT2D eigenvalue weighted by atomic mass is 10.1. The molecule has 19 heavy (non-hydrogen) atoms. The predicted molar refractivity (Wildman–Crippen MR) is 71.1 cm³/mol. The Balaban J connectivity index is 2.39. The summed E-state index contributed by atoms with van der Waals surface area (Å²) in [7, 11) is 0. The van der Waals surface area contributed by atoms with Gasteiger partial charge in [-0.3, -0.25) is 0 Å². The van der Waals surface area contributed by atoms with Gasteiger partial charge in [0.2, 0.25) is 0 Å². The number of rotatable bonds is 2. The van der Waals surface area contributed by atoms with Crippen LogP contribution in [0.4, 0.5) is 30.4 Å². The Labute approximate surface area is 115 Å². The maximum Gasteiger partial charge on any atom is 0.418 e. The van der Waals surface area contributed by atoms with Crippen LogP contribution in [0.1, 0.15) is 5.56 Å². The zero-order chi connectivity index (χ0) is 14.0. The van der Waals surface area contributed by atoms with E-state index in [0.717, 1.165) is 6.07 Å². The van der Waals surface area contributed by atoms with Crippen LogP contribution < -0.4 is 11.1 Å². The summed E-state index contributed by atoms with van der Waals surface area (Å²) in [6, 6.07) is 6.76. The molecule has 7 heteroatoms. The van der Waals surface area contributed by atoms with Crippen molar-refractivity contribution >= 4 is 33.1 Å². The van der Waals surface area contributed by atoms with Crippen molar-refractivity contribution in [2.24, 2.45) is 0 Å². The van der Waals surface area contributed by atoms with Crippen molar-refractivity contribution < 1.29 is 13.2 Å².